The number of benzene rings is 1. The fraction of sp³-hybridized carbons (Fsp3) is 0.593. The molecule has 0 unspecified atom stereocenters. The van der Waals surface area contributed by atoms with Crippen LogP contribution in [-0.4, -0.2) is 59.7 Å². The summed E-state index contributed by atoms with van der Waals surface area (Å²) in [5, 5.41) is 6.24. The highest BCUT2D eigenvalue weighted by molar-refractivity contribution is 5.81. The molecule has 10 nitrogen and oxygen atoms in total. The summed E-state index contributed by atoms with van der Waals surface area (Å²) >= 11 is 0. The Labute approximate surface area is 220 Å². The van der Waals surface area contributed by atoms with Crippen molar-refractivity contribution in [3.63, 3.8) is 0 Å². The van der Waals surface area contributed by atoms with E-state index in [-0.39, 0.29) is 5.91 Å². The van der Waals surface area contributed by atoms with Gasteiger partial charge in [0.2, 0.25) is 5.91 Å². The number of piperidine rings is 1. The third-order valence-electron chi connectivity index (χ3n) is 7.15. The highest BCUT2D eigenvalue weighted by atomic mass is 16.5. The van der Waals surface area contributed by atoms with Crippen molar-refractivity contribution in [1.82, 2.24) is 20.2 Å². The molecule has 0 bridgehead atoms. The predicted molar refractivity (Wildman–Crippen MR) is 147 cm³/mol. The maximum absolute atomic E-state index is 11.6. The molecular weight excluding hydrogens is 468 g/mol. The number of ether oxygens (including phenoxy) is 1. The molecule has 1 atom stereocenters. The Hall–Kier alpha value is -3.11. The van der Waals surface area contributed by atoms with Crippen LogP contribution in [0.25, 0.3) is 0 Å². The molecule has 6 N–H and O–H groups in total. The third kappa shape index (κ3) is 7.45. The van der Waals surface area contributed by atoms with E-state index in [1.165, 1.54) is 24.0 Å². The van der Waals surface area contributed by atoms with E-state index in [1.54, 1.807) is 6.92 Å². The van der Waals surface area contributed by atoms with Gasteiger partial charge in [0.1, 0.15) is 5.69 Å². The van der Waals surface area contributed by atoms with Crippen molar-refractivity contribution < 1.29 is 9.53 Å². The number of amides is 1. The van der Waals surface area contributed by atoms with Crippen LogP contribution in [0.5, 0.6) is 6.01 Å². The van der Waals surface area contributed by atoms with E-state index in [0.29, 0.717) is 31.0 Å². The first-order chi connectivity index (χ1) is 17.9. The summed E-state index contributed by atoms with van der Waals surface area (Å²) in [4.78, 5) is 25.2. The van der Waals surface area contributed by atoms with Gasteiger partial charge in [-0.25, -0.2) is 0 Å². The summed E-state index contributed by atoms with van der Waals surface area (Å²) in [6.07, 6.45) is 5.38. The molecule has 10 heteroatoms. The van der Waals surface area contributed by atoms with E-state index in [1.807, 2.05) is 0 Å². The number of nitrogens with two attached hydrogens (primary N) is 2. The molecule has 1 saturated heterocycles. The molecule has 3 heterocycles. The molecular formula is C27H42N8O2. The molecule has 0 saturated carbocycles. The first-order valence-corrected chi connectivity index (χ1v) is 13.6. The topological polar surface area (TPSA) is 135 Å². The largest absolute Gasteiger partial charge is 0.463 e. The van der Waals surface area contributed by atoms with Crippen LogP contribution in [0.4, 0.5) is 17.3 Å². The molecule has 0 aliphatic carbocycles. The summed E-state index contributed by atoms with van der Waals surface area (Å²) in [5.74, 6) is 1.82. The number of hydrogen-bond donors (Lipinski definition) is 4. The fourth-order valence-corrected chi connectivity index (χ4v) is 4.82. The normalized spacial score (nSPS) is 16.8. The summed E-state index contributed by atoms with van der Waals surface area (Å²) in [5.41, 5.74) is 15.1. The van der Waals surface area contributed by atoms with Crippen LogP contribution >= 0.6 is 0 Å². The summed E-state index contributed by atoms with van der Waals surface area (Å²) in [6.45, 7) is 9.66. The van der Waals surface area contributed by atoms with Gasteiger partial charge in [0, 0.05) is 19.6 Å². The SMILES string of the molecule is CCCCOc1nc(N)c2c(n1)N(Cc1ccc(CN3CCC(CCNC(=O)[C@@H](C)N)CC3)cc1)CN2. The van der Waals surface area contributed by atoms with Crippen molar-refractivity contribution in [2.24, 2.45) is 11.7 Å². The zero-order valence-corrected chi connectivity index (χ0v) is 22.2. The van der Waals surface area contributed by atoms with E-state index in [0.717, 1.165) is 63.5 Å². The number of fused-ring (bicyclic) bond motifs is 1. The number of nitrogens with one attached hydrogen (secondary N) is 2. The number of nitrogens with zero attached hydrogens (tertiary/aromatic N) is 4. The lowest BCUT2D eigenvalue weighted by Gasteiger charge is -2.32. The standard InChI is InChI=1S/C27H42N8O2/c1-3-4-15-37-27-32-24(29)23-25(33-27)35(18-31-23)17-22-7-5-21(6-8-22)16-34-13-10-20(11-14-34)9-12-30-26(36)19(2)28/h5-8,19-20,31H,3-4,9-18,28H2,1-2H3,(H,30,36)(H2,29,32,33)/t19-/m1/s1. The highest BCUT2D eigenvalue weighted by Crippen LogP contribution is 2.35. The smallest absolute Gasteiger partial charge is 0.320 e. The number of likely N-dealkylation sites (tertiary alicyclic amines) is 1. The van der Waals surface area contributed by atoms with E-state index >= 15 is 0 Å². The molecule has 2 aromatic rings. The Kier molecular flexibility index (Phi) is 9.40. The molecule has 0 radical (unpaired) electrons. The summed E-state index contributed by atoms with van der Waals surface area (Å²) < 4.78 is 5.70. The van der Waals surface area contributed by atoms with Gasteiger partial charge in [-0.05, 0) is 62.7 Å². The molecule has 0 spiro atoms. The second kappa shape index (κ2) is 12.9. The third-order valence-corrected chi connectivity index (χ3v) is 7.15. The lowest BCUT2D eigenvalue weighted by molar-refractivity contribution is -0.122. The number of carbonyl (C=O) groups is 1. The Morgan fingerprint density at radius 2 is 1.89 bits per heavy atom. The van der Waals surface area contributed by atoms with Crippen LogP contribution in [-0.2, 0) is 17.9 Å². The van der Waals surface area contributed by atoms with Gasteiger partial charge in [0.25, 0.3) is 0 Å². The molecule has 4 rings (SSSR count). The molecule has 2 aliphatic rings. The van der Waals surface area contributed by atoms with Crippen LogP contribution in [0.3, 0.4) is 0 Å². The predicted octanol–water partition coefficient (Wildman–Crippen LogP) is 2.69. The van der Waals surface area contributed by atoms with E-state index < -0.39 is 6.04 Å². The molecule has 1 aromatic carbocycles. The lowest BCUT2D eigenvalue weighted by atomic mass is 9.93. The van der Waals surface area contributed by atoms with E-state index in [9.17, 15) is 4.79 Å². The maximum atomic E-state index is 11.6. The van der Waals surface area contributed by atoms with Crippen LogP contribution < -0.4 is 31.7 Å². The molecule has 1 amide bonds. The minimum absolute atomic E-state index is 0.0651. The summed E-state index contributed by atoms with van der Waals surface area (Å²) in [7, 11) is 0. The zero-order valence-electron chi connectivity index (χ0n) is 22.2. The molecule has 202 valence electrons. The van der Waals surface area contributed by atoms with Crippen LogP contribution in [0.15, 0.2) is 24.3 Å². The van der Waals surface area contributed by atoms with Crippen molar-refractivity contribution >= 4 is 23.2 Å². The van der Waals surface area contributed by atoms with Gasteiger partial charge in [0.15, 0.2) is 11.6 Å². The maximum Gasteiger partial charge on any atom is 0.320 e. The van der Waals surface area contributed by atoms with Crippen LogP contribution in [0, 0.1) is 5.92 Å². The van der Waals surface area contributed by atoms with Crippen LogP contribution in [0.2, 0.25) is 0 Å². The fourth-order valence-electron chi connectivity index (χ4n) is 4.82. The molecule has 1 aromatic heterocycles. The van der Waals surface area contributed by atoms with Gasteiger partial charge in [-0.1, -0.05) is 37.6 Å². The Morgan fingerprint density at radius 3 is 2.57 bits per heavy atom. The first kappa shape index (κ1) is 26.9. The summed E-state index contributed by atoms with van der Waals surface area (Å²) in [6, 6.07) is 8.75. The number of anilines is 3. The molecule has 2 aliphatic heterocycles. The second-order valence-corrected chi connectivity index (χ2v) is 10.2. The zero-order chi connectivity index (χ0) is 26.2. The Bertz CT molecular complexity index is 1020. The average Bonchev–Trinajstić information content (AvgIpc) is 3.29. The molecule has 37 heavy (non-hydrogen) atoms. The van der Waals surface area contributed by atoms with E-state index in [4.69, 9.17) is 16.2 Å². The van der Waals surface area contributed by atoms with Crippen molar-refractivity contribution in [1.29, 1.82) is 0 Å². The van der Waals surface area contributed by atoms with Crippen molar-refractivity contribution in [3.8, 4) is 6.01 Å². The van der Waals surface area contributed by atoms with Crippen LogP contribution in [0.1, 0.15) is 57.1 Å². The van der Waals surface area contributed by atoms with Gasteiger partial charge in [-0.2, -0.15) is 9.97 Å². The minimum atomic E-state index is -0.438. The molecule has 1 fully saturated rings. The van der Waals surface area contributed by atoms with Crippen molar-refractivity contribution in [3.05, 3.63) is 35.4 Å². The number of carbonyl (C=O) groups excluding carboxylic acids is 1. The monoisotopic (exact) mass is 510 g/mol. The number of hydrogen-bond acceptors (Lipinski definition) is 9. The van der Waals surface area contributed by atoms with Gasteiger partial charge < -0.3 is 31.7 Å². The first-order valence-electron chi connectivity index (χ1n) is 13.6. The number of rotatable bonds is 12. The second-order valence-electron chi connectivity index (χ2n) is 10.2. The van der Waals surface area contributed by atoms with Gasteiger partial charge in [0.05, 0.1) is 19.3 Å². The number of nitrogen functional groups attached to an aromatic ring is 1. The average molecular weight is 511 g/mol. The van der Waals surface area contributed by atoms with Crippen molar-refractivity contribution in [2.45, 2.75) is 65.1 Å². The van der Waals surface area contributed by atoms with Crippen molar-refractivity contribution in [2.75, 3.05) is 48.9 Å². The highest BCUT2D eigenvalue weighted by Gasteiger charge is 2.25. The number of aromatic nitrogens is 2. The number of unbranched alkanes of at least 4 members (excludes halogenated alkanes) is 1. The Balaban J connectivity index is 1.24. The van der Waals surface area contributed by atoms with Gasteiger partial charge in [-0.3, -0.25) is 9.69 Å². The minimum Gasteiger partial charge on any atom is -0.463 e. The van der Waals surface area contributed by atoms with Gasteiger partial charge >= 0.3 is 6.01 Å². The quantitative estimate of drug-likeness (QED) is 0.318. The lowest BCUT2D eigenvalue weighted by Crippen LogP contribution is -2.40. The Morgan fingerprint density at radius 1 is 1.19 bits per heavy atom. The van der Waals surface area contributed by atoms with E-state index in [2.05, 4.69) is 61.6 Å². The van der Waals surface area contributed by atoms with Gasteiger partial charge in [-0.15, -0.1) is 0 Å².